The third-order valence-corrected chi connectivity index (χ3v) is 2.61. The normalized spacial score (nSPS) is 12.3. The van der Waals surface area contributed by atoms with Crippen LogP contribution in [0, 0.1) is 5.41 Å². The number of hydrogen-bond donors (Lipinski definition) is 3. The quantitative estimate of drug-likeness (QED) is 0.778. The highest BCUT2D eigenvalue weighted by Crippen LogP contribution is 2.31. The van der Waals surface area contributed by atoms with E-state index in [1.165, 1.54) is 0 Å². The molecule has 1 heterocycles. The molecule has 8 heteroatoms. The van der Waals surface area contributed by atoms with Crippen LogP contribution in [0.15, 0.2) is 12.3 Å². The molecule has 106 valence electrons. The highest BCUT2D eigenvalue weighted by atomic mass is 19.4. The van der Waals surface area contributed by atoms with Crippen molar-refractivity contribution < 1.29 is 18.0 Å². The molecule has 1 aromatic heterocycles. The predicted octanol–water partition coefficient (Wildman–Crippen LogP) is 1.61. The molecule has 0 saturated heterocycles. The molecule has 19 heavy (non-hydrogen) atoms. The Kier molecular flexibility index (Phi) is 3.92. The first kappa shape index (κ1) is 15.1. The molecule has 1 amide bonds. The van der Waals surface area contributed by atoms with Gasteiger partial charge in [-0.1, -0.05) is 0 Å². The van der Waals surface area contributed by atoms with Crippen molar-refractivity contribution in [3.05, 3.63) is 18.0 Å². The van der Waals surface area contributed by atoms with Crippen molar-refractivity contribution in [2.75, 3.05) is 17.6 Å². The number of hydrogen-bond acceptors (Lipinski definition) is 4. The molecule has 0 saturated carbocycles. The minimum Gasteiger partial charge on any atom is -0.396 e. The molecule has 1 rings (SSSR count). The molecule has 1 aromatic rings. The number of nitrogens with one attached hydrogen (secondary N) is 1. The minimum absolute atomic E-state index is 0.0632. The summed E-state index contributed by atoms with van der Waals surface area (Å²) in [6.45, 7) is 3.21. The number of pyridine rings is 1. The standard InChI is InChI=1S/C11H15F3N4O/c1-10(2,9(16)19)5-18-7-3-8(11(12,13)14)17-4-6(7)15/h3-4H,5,15H2,1-2H3,(H2,16,19)(H,17,18). The largest absolute Gasteiger partial charge is 0.433 e. The number of anilines is 2. The van der Waals surface area contributed by atoms with E-state index < -0.39 is 23.2 Å². The molecule has 0 radical (unpaired) electrons. The zero-order valence-electron chi connectivity index (χ0n) is 10.5. The lowest BCUT2D eigenvalue weighted by molar-refractivity contribution is -0.141. The summed E-state index contributed by atoms with van der Waals surface area (Å²) in [6.07, 6.45) is -3.63. The second kappa shape index (κ2) is 4.94. The summed E-state index contributed by atoms with van der Waals surface area (Å²) >= 11 is 0. The fourth-order valence-corrected chi connectivity index (χ4v) is 1.18. The number of alkyl halides is 3. The van der Waals surface area contributed by atoms with Gasteiger partial charge in [-0.05, 0) is 19.9 Å². The number of aromatic nitrogens is 1. The Hall–Kier alpha value is -1.99. The Morgan fingerprint density at radius 2 is 2.00 bits per heavy atom. The van der Waals surface area contributed by atoms with Crippen molar-refractivity contribution in [1.82, 2.24) is 4.98 Å². The zero-order chi connectivity index (χ0) is 14.8. The van der Waals surface area contributed by atoms with Crippen molar-refractivity contribution >= 4 is 17.3 Å². The van der Waals surface area contributed by atoms with Gasteiger partial charge in [0.25, 0.3) is 0 Å². The average molecular weight is 276 g/mol. The van der Waals surface area contributed by atoms with Crippen molar-refractivity contribution in [3.63, 3.8) is 0 Å². The molecule has 0 unspecified atom stereocenters. The number of carbonyl (C=O) groups is 1. The van der Waals surface area contributed by atoms with Gasteiger partial charge in [-0.3, -0.25) is 4.79 Å². The molecular formula is C11H15F3N4O. The topological polar surface area (TPSA) is 94.0 Å². The molecular weight excluding hydrogens is 261 g/mol. The van der Waals surface area contributed by atoms with Crippen LogP contribution < -0.4 is 16.8 Å². The summed E-state index contributed by atoms with van der Waals surface area (Å²) in [5.41, 5.74) is 8.87. The highest BCUT2D eigenvalue weighted by Gasteiger charge is 2.33. The molecule has 0 spiro atoms. The highest BCUT2D eigenvalue weighted by molar-refractivity contribution is 5.81. The van der Waals surface area contributed by atoms with Crippen LogP contribution in [-0.4, -0.2) is 17.4 Å². The van der Waals surface area contributed by atoms with E-state index in [9.17, 15) is 18.0 Å². The Labute approximate surface area is 108 Å². The van der Waals surface area contributed by atoms with E-state index in [-0.39, 0.29) is 17.9 Å². The maximum atomic E-state index is 12.5. The molecule has 0 fully saturated rings. The first-order valence-corrected chi connectivity index (χ1v) is 5.40. The maximum Gasteiger partial charge on any atom is 0.433 e. The van der Waals surface area contributed by atoms with Gasteiger partial charge in [-0.25, -0.2) is 4.98 Å². The summed E-state index contributed by atoms with van der Waals surface area (Å²) in [4.78, 5) is 14.3. The Morgan fingerprint density at radius 3 is 2.47 bits per heavy atom. The number of rotatable bonds is 4. The van der Waals surface area contributed by atoms with Gasteiger partial charge in [0.1, 0.15) is 5.69 Å². The number of primary amides is 1. The Morgan fingerprint density at radius 1 is 1.42 bits per heavy atom. The van der Waals surface area contributed by atoms with Crippen molar-refractivity contribution in [2.45, 2.75) is 20.0 Å². The van der Waals surface area contributed by atoms with E-state index in [0.717, 1.165) is 12.3 Å². The second-order valence-corrected chi connectivity index (χ2v) is 4.76. The van der Waals surface area contributed by atoms with Crippen LogP contribution in [0.3, 0.4) is 0 Å². The number of nitrogen functional groups attached to an aromatic ring is 1. The molecule has 0 aliphatic heterocycles. The van der Waals surface area contributed by atoms with Crippen LogP contribution in [-0.2, 0) is 11.0 Å². The van der Waals surface area contributed by atoms with Gasteiger partial charge in [0.05, 0.1) is 23.0 Å². The first-order chi connectivity index (χ1) is 8.54. The van der Waals surface area contributed by atoms with E-state index in [1.807, 2.05) is 0 Å². The van der Waals surface area contributed by atoms with Crippen LogP contribution in [0.4, 0.5) is 24.5 Å². The molecule has 5 nitrogen and oxygen atoms in total. The smallest absolute Gasteiger partial charge is 0.396 e. The lowest BCUT2D eigenvalue weighted by Gasteiger charge is -2.22. The Balaban J connectivity index is 2.93. The number of amides is 1. The monoisotopic (exact) mass is 276 g/mol. The van der Waals surface area contributed by atoms with E-state index >= 15 is 0 Å². The van der Waals surface area contributed by atoms with E-state index in [4.69, 9.17) is 11.5 Å². The fourth-order valence-electron chi connectivity index (χ4n) is 1.18. The SMILES string of the molecule is CC(C)(CNc1cc(C(F)(F)F)ncc1N)C(N)=O. The van der Waals surface area contributed by atoms with Crippen molar-refractivity contribution in [2.24, 2.45) is 11.1 Å². The van der Waals surface area contributed by atoms with Crippen molar-refractivity contribution in [1.29, 1.82) is 0 Å². The number of nitrogens with two attached hydrogens (primary N) is 2. The van der Waals surface area contributed by atoms with E-state index in [1.54, 1.807) is 13.8 Å². The summed E-state index contributed by atoms with van der Waals surface area (Å²) in [6, 6.07) is 0.798. The van der Waals surface area contributed by atoms with Crippen LogP contribution in [0.25, 0.3) is 0 Å². The lowest BCUT2D eigenvalue weighted by Crippen LogP contribution is -2.37. The van der Waals surface area contributed by atoms with E-state index in [2.05, 4.69) is 10.3 Å². The minimum atomic E-state index is -4.55. The molecule has 0 aliphatic carbocycles. The number of nitrogens with zero attached hydrogens (tertiary/aromatic N) is 1. The fraction of sp³-hybridized carbons (Fsp3) is 0.455. The molecule has 0 aromatic carbocycles. The van der Waals surface area contributed by atoms with Crippen LogP contribution in [0.1, 0.15) is 19.5 Å². The van der Waals surface area contributed by atoms with Crippen LogP contribution in [0.2, 0.25) is 0 Å². The summed E-state index contributed by atoms with van der Waals surface area (Å²) in [7, 11) is 0. The molecule has 5 N–H and O–H groups in total. The third-order valence-electron chi connectivity index (χ3n) is 2.61. The average Bonchev–Trinajstić information content (AvgIpc) is 2.26. The van der Waals surface area contributed by atoms with Gasteiger partial charge in [-0.2, -0.15) is 13.2 Å². The number of halogens is 3. The van der Waals surface area contributed by atoms with Crippen molar-refractivity contribution in [3.8, 4) is 0 Å². The van der Waals surface area contributed by atoms with Crippen LogP contribution in [0.5, 0.6) is 0 Å². The molecule has 0 bridgehead atoms. The van der Waals surface area contributed by atoms with Gasteiger partial charge in [0.2, 0.25) is 5.91 Å². The van der Waals surface area contributed by atoms with E-state index in [0.29, 0.717) is 0 Å². The summed E-state index contributed by atoms with van der Waals surface area (Å²) in [5, 5.41) is 2.68. The van der Waals surface area contributed by atoms with Crippen LogP contribution >= 0.6 is 0 Å². The Bertz CT molecular complexity index is 485. The summed E-state index contributed by atoms with van der Waals surface area (Å²) < 4.78 is 37.5. The van der Waals surface area contributed by atoms with Gasteiger partial charge < -0.3 is 16.8 Å². The third kappa shape index (κ3) is 3.73. The predicted molar refractivity (Wildman–Crippen MR) is 65.1 cm³/mol. The van der Waals surface area contributed by atoms with Gasteiger partial charge in [0, 0.05) is 6.54 Å². The lowest BCUT2D eigenvalue weighted by atomic mass is 9.92. The maximum absolute atomic E-state index is 12.5. The zero-order valence-corrected chi connectivity index (χ0v) is 10.5. The first-order valence-electron chi connectivity index (χ1n) is 5.40. The number of carbonyl (C=O) groups excluding carboxylic acids is 1. The second-order valence-electron chi connectivity index (χ2n) is 4.76. The van der Waals surface area contributed by atoms with Gasteiger partial charge >= 0.3 is 6.18 Å². The molecule has 0 aliphatic rings. The summed E-state index contributed by atoms with van der Waals surface area (Å²) in [5.74, 6) is -0.566. The molecule has 0 atom stereocenters. The van der Waals surface area contributed by atoms with Gasteiger partial charge in [-0.15, -0.1) is 0 Å². The van der Waals surface area contributed by atoms with Gasteiger partial charge in [0.15, 0.2) is 0 Å².